The number of anilines is 1. The van der Waals surface area contributed by atoms with Crippen LogP contribution in [0, 0.1) is 17.2 Å². The van der Waals surface area contributed by atoms with Crippen LogP contribution in [0.15, 0.2) is 18.2 Å². The first-order valence-corrected chi connectivity index (χ1v) is 14.5. The van der Waals surface area contributed by atoms with Crippen LogP contribution in [0.3, 0.4) is 0 Å². The third-order valence-electron chi connectivity index (χ3n) is 7.79. The van der Waals surface area contributed by atoms with Crippen molar-refractivity contribution in [1.82, 2.24) is 14.7 Å². The van der Waals surface area contributed by atoms with Gasteiger partial charge in [-0.25, -0.2) is 0 Å². The predicted molar refractivity (Wildman–Crippen MR) is 153 cm³/mol. The number of carbonyl (C=O) groups excluding carboxylic acids is 2. The average Bonchev–Trinajstić information content (AvgIpc) is 3.07. The van der Waals surface area contributed by atoms with Crippen LogP contribution in [-0.2, 0) is 15.8 Å². The van der Waals surface area contributed by atoms with Crippen LogP contribution in [-0.4, -0.2) is 76.4 Å². The molecular weight excluding hydrogens is 539 g/mol. The summed E-state index contributed by atoms with van der Waals surface area (Å²) in [6, 6.07) is 4.81. The number of nitrogens with zero attached hydrogens (tertiary/aromatic N) is 5. The molecule has 2 saturated heterocycles. The predicted octanol–water partition coefficient (Wildman–Crippen LogP) is 5.43. The molecule has 0 radical (unpaired) electrons. The van der Waals surface area contributed by atoms with Crippen molar-refractivity contribution in [2.75, 3.05) is 44.2 Å². The lowest BCUT2D eigenvalue weighted by Crippen LogP contribution is -2.49. The Balaban J connectivity index is 1.42. The van der Waals surface area contributed by atoms with Crippen LogP contribution in [0.25, 0.3) is 0 Å². The Hall–Kier alpha value is -2.71. The lowest BCUT2D eigenvalue weighted by atomic mass is 10.0. The average molecular weight is 580 g/mol. The SMILES string of the molecule is CC(C)C(=O)N1CCN(CCCCCCCCN2C(=S)N(c3ccc(C#N)c(C(F)(F)F)c3)C(=O)C2(C)C)CC1. The molecule has 0 N–H and O–H groups in total. The van der Waals surface area contributed by atoms with Crippen molar-refractivity contribution in [2.24, 2.45) is 5.92 Å². The van der Waals surface area contributed by atoms with Crippen molar-refractivity contribution in [1.29, 1.82) is 5.26 Å². The highest BCUT2D eigenvalue weighted by molar-refractivity contribution is 7.80. The summed E-state index contributed by atoms with van der Waals surface area (Å²) in [7, 11) is 0. The largest absolute Gasteiger partial charge is 0.417 e. The molecular formula is C29H40F3N5O2S. The van der Waals surface area contributed by atoms with E-state index in [0.29, 0.717) is 6.54 Å². The molecule has 0 atom stereocenters. The Morgan fingerprint density at radius 1 is 1.02 bits per heavy atom. The smallest absolute Gasteiger partial charge is 0.340 e. The summed E-state index contributed by atoms with van der Waals surface area (Å²) >= 11 is 5.56. The zero-order valence-corrected chi connectivity index (χ0v) is 24.7. The molecule has 2 aliphatic heterocycles. The standard InChI is InChI=1S/C29H40F3N5O2S/c1-21(2)25(38)35-17-15-34(16-18-35)13-9-7-5-6-8-10-14-36-27(40)37(26(39)28(36,3)4)23-12-11-22(20-33)24(19-23)29(30,31)32/h11-12,19,21H,5-10,13-18H2,1-4H3. The van der Waals surface area contributed by atoms with Crippen LogP contribution >= 0.6 is 12.2 Å². The number of piperazine rings is 1. The van der Waals surface area contributed by atoms with Gasteiger partial charge in [-0.3, -0.25) is 19.4 Å². The zero-order chi connectivity index (χ0) is 29.7. The number of carbonyl (C=O) groups is 2. The molecule has 1 aromatic rings. The molecule has 220 valence electrons. The maximum absolute atomic E-state index is 13.5. The molecule has 2 heterocycles. The van der Waals surface area contributed by atoms with Gasteiger partial charge in [-0.05, 0) is 63.7 Å². The van der Waals surface area contributed by atoms with E-state index in [4.69, 9.17) is 17.5 Å². The molecule has 2 aliphatic rings. The highest BCUT2D eigenvalue weighted by Crippen LogP contribution is 2.38. The van der Waals surface area contributed by atoms with E-state index in [1.165, 1.54) is 6.07 Å². The maximum Gasteiger partial charge on any atom is 0.417 e. The topological polar surface area (TPSA) is 70.9 Å². The van der Waals surface area contributed by atoms with Crippen molar-refractivity contribution < 1.29 is 22.8 Å². The zero-order valence-electron chi connectivity index (χ0n) is 23.9. The number of alkyl halides is 3. The van der Waals surface area contributed by atoms with Crippen molar-refractivity contribution in [3.8, 4) is 6.07 Å². The van der Waals surface area contributed by atoms with E-state index < -0.39 is 22.8 Å². The molecule has 0 bridgehead atoms. The number of unbranched alkanes of at least 4 members (excludes halogenated alkanes) is 5. The number of benzene rings is 1. The van der Waals surface area contributed by atoms with Crippen molar-refractivity contribution >= 4 is 34.8 Å². The molecule has 0 spiro atoms. The molecule has 0 unspecified atom stereocenters. The number of hydrogen-bond donors (Lipinski definition) is 0. The number of hydrogen-bond acceptors (Lipinski definition) is 5. The number of nitriles is 1. The Morgan fingerprint density at radius 3 is 2.15 bits per heavy atom. The first-order valence-electron chi connectivity index (χ1n) is 14.1. The van der Waals surface area contributed by atoms with E-state index in [-0.39, 0.29) is 28.5 Å². The molecule has 1 aromatic carbocycles. The van der Waals surface area contributed by atoms with E-state index in [9.17, 15) is 22.8 Å². The van der Waals surface area contributed by atoms with Crippen molar-refractivity contribution in [3.05, 3.63) is 29.3 Å². The van der Waals surface area contributed by atoms with Gasteiger partial charge >= 0.3 is 6.18 Å². The third-order valence-corrected chi connectivity index (χ3v) is 8.20. The fourth-order valence-electron chi connectivity index (χ4n) is 5.31. The molecule has 0 aliphatic carbocycles. The fraction of sp³-hybridized carbons (Fsp3) is 0.655. The summed E-state index contributed by atoms with van der Waals surface area (Å²) in [6.07, 6.45) is 1.48. The normalized spacial score (nSPS) is 18.1. The van der Waals surface area contributed by atoms with Crippen LogP contribution < -0.4 is 4.90 Å². The summed E-state index contributed by atoms with van der Waals surface area (Å²) < 4.78 is 40.5. The molecule has 0 saturated carbocycles. The van der Waals surface area contributed by atoms with Crippen molar-refractivity contribution in [2.45, 2.75) is 77.9 Å². The summed E-state index contributed by atoms with van der Waals surface area (Å²) in [5.41, 5.74) is -2.54. The van der Waals surface area contributed by atoms with Gasteiger partial charge in [-0.1, -0.05) is 39.5 Å². The monoisotopic (exact) mass is 579 g/mol. The Bertz CT molecular complexity index is 1120. The summed E-state index contributed by atoms with van der Waals surface area (Å²) in [5, 5.41) is 9.26. The molecule has 7 nitrogen and oxygen atoms in total. The summed E-state index contributed by atoms with van der Waals surface area (Å²) in [6.45, 7) is 12.4. The minimum atomic E-state index is -4.72. The van der Waals surface area contributed by atoms with Crippen molar-refractivity contribution in [3.63, 3.8) is 0 Å². The molecule has 2 fully saturated rings. The lowest BCUT2D eigenvalue weighted by molar-refractivity contribution is -0.138. The number of rotatable bonds is 11. The second-order valence-electron chi connectivity index (χ2n) is 11.4. The van der Waals surface area contributed by atoms with Gasteiger partial charge in [0, 0.05) is 38.6 Å². The number of amides is 2. The second-order valence-corrected chi connectivity index (χ2v) is 11.8. The highest BCUT2D eigenvalue weighted by atomic mass is 32.1. The van der Waals surface area contributed by atoms with Crippen LogP contribution in [0.4, 0.5) is 18.9 Å². The Morgan fingerprint density at radius 2 is 1.60 bits per heavy atom. The van der Waals surface area contributed by atoms with Gasteiger partial charge in [0.2, 0.25) is 5.91 Å². The van der Waals surface area contributed by atoms with Crippen LogP contribution in [0.5, 0.6) is 0 Å². The first kappa shape index (κ1) is 31.8. The second kappa shape index (κ2) is 13.3. The van der Waals surface area contributed by atoms with Gasteiger partial charge < -0.3 is 9.80 Å². The molecule has 2 amide bonds. The maximum atomic E-state index is 13.5. The fourth-order valence-corrected chi connectivity index (χ4v) is 5.82. The van der Waals surface area contributed by atoms with Gasteiger partial charge in [0.05, 0.1) is 22.9 Å². The summed E-state index contributed by atoms with van der Waals surface area (Å²) in [5.74, 6) is -0.100. The van der Waals surface area contributed by atoms with E-state index in [2.05, 4.69) is 4.90 Å². The quantitative estimate of drug-likeness (QED) is 0.257. The van der Waals surface area contributed by atoms with Crippen LogP contribution in [0.2, 0.25) is 0 Å². The van der Waals surface area contributed by atoms with E-state index in [0.717, 1.165) is 88.3 Å². The van der Waals surface area contributed by atoms with Gasteiger partial charge in [-0.15, -0.1) is 0 Å². The third kappa shape index (κ3) is 7.32. The minimum absolute atomic E-state index is 0.0184. The summed E-state index contributed by atoms with van der Waals surface area (Å²) in [4.78, 5) is 32.7. The van der Waals surface area contributed by atoms with Gasteiger partial charge in [0.25, 0.3) is 5.91 Å². The molecule has 11 heteroatoms. The number of thiocarbonyl (C=S) groups is 1. The highest BCUT2D eigenvalue weighted by Gasteiger charge is 2.49. The Kier molecular flexibility index (Phi) is 10.6. The molecule has 0 aromatic heterocycles. The molecule has 3 rings (SSSR count). The minimum Gasteiger partial charge on any atom is -0.340 e. The molecule has 40 heavy (non-hydrogen) atoms. The van der Waals surface area contributed by atoms with Gasteiger partial charge in [-0.2, -0.15) is 18.4 Å². The van der Waals surface area contributed by atoms with Gasteiger partial charge in [0.1, 0.15) is 5.54 Å². The lowest BCUT2D eigenvalue weighted by Gasteiger charge is -2.35. The van der Waals surface area contributed by atoms with E-state index in [1.807, 2.05) is 18.7 Å². The Labute approximate surface area is 240 Å². The van der Waals surface area contributed by atoms with Crippen LogP contribution in [0.1, 0.15) is 77.3 Å². The number of halogens is 3. The van der Waals surface area contributed by atoms with Gasteiger partial charge in [0.15, 0.2) is 5.11 Å². The van der Waals surface area contributed by atoms with E-state index >= 15 is 0 Å². The first-order chi connectivity index (χ1) is 18.8. The van der Waals surface area contributed by atoms with E-state index in [1.54, 1.807) is 24.8 Å².